The van der Waals surface area contributed by atoms with E-state index in [1.54, 1.807) is 12.1 Å². The van der Waals surface area contributed by atoms with E-state index in [0.29, 0.717) is 23.8 Å². The molecule has 1 heterocycles. The van der Waals surface area contributed by atoms with Crippen molar-refractivity contribution < 1.29 is 9.21 Å². The van der Waals surface area contributed by atoms with Gasteiger partial charge in [0.2, 0.25) is 5.89 Å². The van der Waals surface area contributed by atoms with Crippen molar-refractivity contribution in [2.75, 3.05) is 31.9 Å². The lowest BCUT2D eigenvalue weighted by atomic mass is 10.2. The van der Waals surface area contributed by atoms with Crippen molar-refractivity contribution in [3.8, 4) is 11.5 Å². The zero-order valence-electron chi connectivity index (χ0n) is 13.7. The van der Waals surface area contributed by atoms with Crippen LogP contribution in [0.3, 0.4) is 0 Å². The molecule has 0 spiro atoms. The number of aromatic nitrogens is 1. The molecule has 0 unspecified atom stereocenters. The Balaban J connectivity index is 1.85. The quantitative estimate of drug-likeness (QED) is 0.577. The van der Waals surface area contributed by atoms with Crippen molar-refractivity contribution in [1.29, 1.82) is 0 Å². The van der Waals surface area contributed by atoms with Gasteiger partial charge in [-0.3, -0.25) is 4.79 Å². The maximum absolute atomic E-state index is 12.1. The third-order valence-corrected chi connectivity index (χ3v) is 3.73. The minimum Gasteiger partial charge on any atom is -0.444 e. The molecule has 0 fully saturated rings. The standard InChI is InChI=1S/C17H24N4O2/c1-3-21(4-2)11-5-10-19-16(22)15-12-23-17(20-15)13-6-8-14(18)9-7-13/h6-9,12H,3-5,10-11,18H2,1-2H3,(H,19,22). The average Bonchev–Trinajstić information content (AvgIpc) is 3.05. The van der Waals surface area contributed by atoms with E-state index in [2.05, 4.69) is 29.0 Å². The average molecular weight is 316 g/mol. The largest absolute Gasteiger partial charge is 0.444 e. The number of rotatable bonds is 8. The van der Waals surface area contributed by atoms with Crippen LogP contribution in [0.5, 0.6) is 0 Å². The maximum atomic E-state index is 12.1. The summed E-state index contributed by atoms with van der Waals surface area (Å²) in [6.07, 6.45) is 2.29. The Morgan fingerprint density at radius 3 is 2.61 bits per heavy atom. The van der Waals surface area contributed by atoms with Crippen LogP contribution in [0, 0.1) is 0 Å². The first-order valence-corrected chi connectivity index (χ1v) is 7.96. The highest BCUT2D eigenvalue weighted by Gasteiger charge is 2.13. The van der Waals surface area contributed by atoms with Gasteiger partial charge in [-0.25, -0.2) is 4.98 Å². The monoisotopic (exact) mass is 316 g/mol. The van der Waals surface area contributed by atoms with E-state index in [-0.39, 0.29) is 5.91 Å². The number of hydrogen-bond donors (Lipinski definition) is 2. The fraction of sp³-hybridized carbons (Fsp3) is 0.412. The zero-order chi connectivity index (χ0) is 16.7. The molecule has 1 aromatic heterocycles. The second-order valence-electron chi connectivity index (χ2n) is 5.30. The lowest BCUT2D eigenvalue weighted by Gasteiger charge is -2.17. The number of nitrogens with zero attached hydrogens (tertiary/aromatic N) is 2. The summed E-state index contributed by atoms with van der Waals surface area (Å²) in [7, 11) is 0. The summed E-state index contributed by atoms with van der Waals surface area (Å²) in [6.45, 7) is 7.92. The van der Waals surface area contributed by atoms with Gasteiger partial charge in [-0.05, 0) is 50.3 Å². The van der Waals surface area contributed by atoms with E-state index < -0.39 is 0 Å². The van der Waals surface area contributed by atoms with Crippen LogP contribution in [0.1, 0.15) is 30.8 Å². The summed E-state index contributed by atoms with van der Waals surface area (Å²) in [5, 5.41) is 2.87. The molecule has 2 aromatic rings. The van der Waals surface area contributed by atoms with E-state index >= 15 is 0 Å². The Kier molecular flexibility index (Phi) is 6.17. The molecule has 0 saturated carbocycles. The zero-order valence-corrected chi connectivity index (χ0v) is 13.7. The molecule has 0 bridgehead atoms. The van der Waals surface area contributed by atoms with Gasteiger partial charge in [0.05, 0.1) is 0 Å². The van der Waals surface area contributed by atoms with Gasteiger partial charge in [0.1, 0.15) is 6.26 Å². The van der Waals surface area contributed by atoms with Crippen LogP contribution in [0.25, 0.3) is 11.5 Å². The van der Waals surface area contributed by atoms with Crippen LogP contribution in [0.4, 0.5) is 5.69 Å². The van der Waals surface area contributed by atoms with E-state index in [9.17, 15) is 4.79 Å². The molecule has 0 aliphatic heterocycles. The first-order valence-electron chi connectivity index (χ1n) is 7.96. The van der Waals surface area contributed by atoms with Crippen LogP contribution >= 0.6 is 0 Å². The highest BCUT2D eigenvalue weighted by atomic mass is 16.3. The number of carbonyl (C=O) groups is 1. The Bertz CT molecular complexity index is 618. The van der Waals surface area contributed by atoms with Gasteiger partial charge in [0.15, 0.2) is 5.69 Å². The van der Waals surface area contributed by atoms with Crippen LogP contribution in [-0.2, 0) is 0 Å². The van der Waals surface area contributed by atoms with Crippen LogP contribution in [0.15, 0.2) is 34.9 Å². The van der Waals surface area contributed by atoms with E-state index in [0.717, 1.165) is 31.6 Å². The molecule has 6 nitrogen and oxygen atoms in total. The van der Waals surface area contributed by atoms with Gasteiger partial charge in [0, 0.05) is 17.8 Å². The molecule has 3 N–H and O–H groups in total. The molecule has 1 amide bonds. The summed E-state index contributed by atoms with van der Waals surface area (Å²) in [5.41, 5.74) is 7.40. The lowest BCUT2D eigenvalue weighted by molar-refractivity contribution is 0.0947. The summed E-state index contributed by atoms with van der Waals surface area (Å²) in [5.74, 6) is 0.202. The predicted octanol–water partition coefficient (Wildman–Crippen LogP) is 2.39. The number of nitrogens with one attached hydrogen (secondary N) is 1. The number of benzene rings is 1. The minimum absolute atomic E-state index is 0.213. The smallest absolute Gasteiger partial charge is 0.273 e. The SMILES string of the molecule is CCN(CC)CCCNC(=O)c1coc(-c2ccc(N)cc2)n1. The van der Waals surface area contributed by atoms with Crippen LogP contribution in [0.2, 0.25) is 0 Å². The van der Waals surface area contributed by atoms with Crippen LogP contribution in [-0.4, -0.2) is 42.0 Å². The van der Waals surface area contributed by atoms with Crippen molar-refractivity contribution in [2.45, 2.75) is 20.3 Å². The lowest BCUT2D eigenvalue weighted by Crippen LogP contribution is -2.30. The molecule has 0 radical (unpaired) electrons. The van der Waals surface area contributed by atoms with E-state index in [1.165, 1.54) is 6.26 Å². The summed E-state index contributed by atoms with van der Waals surface area (Å²) < 4.78 is 5.37. The summed E-state index contributed by atoms with van der Waals surface area (Å²) in [4.78, 5) is 18.6. The van der Waals surface area contributed by atoms with Crippen molar-refractivity contribution in [2.24, 2.45) is 0 Å². The molecule has 0 saturated heterocycles. The molecule has 0 aliphatic rings. The number of nitrogens with two attached hydrogens (primary N) is 1. The van der Waals surface area contributed by atoms with Gasteiger partial charge in [0.25, 0.3) is 5.91 Å². The molecule has 2 rings (SSSR count). The number of hydrogen-bond acceptors (Lipinski definition) is 5. The second-order valence-corrected chi connectivity index (χ2v) is 5.30. The highest BCUT2D eigenvalue weighted by molar-refractivity contribution is 5.92. The molecule has 1 aromatic carbocycles. The highest BCUT2D eigenvalue weighted by Crippen LogP contribution is 2.19. The topological polar surface area (TPSA) is 84.4 Å². The maximum Gasteiger partial charge on any atom is 0.273 e. The molecule has 0 aliphatic carbocycles. The van der Waals surface area contributed by atoms with Crippen LogP contribution < -0.4 is 11.1 Å². The molecule has 124 valence electrons. The normalized spacial score (nSPS) is 10.9. The van der Waals surface area contributed by atoms with Gasteiger partial charge in [-0.1, -0.05) is 13.8 Å². The van der Waals surface area contributed by atoms with E-state index in [1.807, 2.05) is 12.1 Å². The van der Waals surface area contributed by atoms with Gasteiger partial charge < -0.3 is 20.4 Å². The Labute approximate surface area is 136 Å². The number of oxazole rings is 1. The first-order chi connectivity index (χ1) is 11.1. The Morgan fingerprint density at radius 2 is 1.96 bits per heavy atom. The second kappa shape index (κ2) is 8.33. The third-order valence-electron chi connectivity index (χ3n) is 3.73. The molecule has 0 atom stereocenters. The Morgan fingerprint density at radius 1 is 1.26 bits per heavy atom. The third kappa shape index (κ3) is 4.82. The molecule has 23 heavy (non-hydrogen) atoms. The predicted molar refractivity (Wildman–Crippen MR) is 91.1 cm³/mol. The Hall–Kier alpha value is -2.34. The van der Waals surface area contributed by atoms with Crippen molar-refractivity contribution in [1.82, 2.24) is 15.2 Å². The number of amides is 1. The molecular weight excluding hydrogens is 292 g/mol. The summed E-state index contributed by atoms with van der Waals surface area (Å²) >= 11 is 0. The van der Waals surface area contributed by atoms with Crippen molar-refractivity contribution in [3.63, 3.8) is 0 Å². The van der Waals surface area contributed by atoms with Gasteiger partial charge in [-0.15, -0.1) is 0 Å². The minimum atomic E-state index is -0.213. The fourth-order valence-electron chi connectivity index (χ4n) is 2.27. The number of anilines is 1. The van der Waals surface area contributed by atoms with E-state index in [4.69, 9.17) is 10.2 Å². The number of nitrogen functional groups attached to an aromatic ring is 1. The fourth-order valence-corrected chi connectivity index (χ4v) is 2.27. The van der Waals surface area contributed by atoms with Crippen molar-refractivity contribution in [3.05, 3.63) is 36.2 Å². The van der Waals surface area contributed by atoms with Gasteiger partial charge in [-0.2, -0.15) is 0 Å². The van der Waals surface area contributed by atoms with Crippen molar-refractivity contribution >= 4 is 11.6 Å². The first kappa shape index (κ1) is 17.0. The molecule has 6 heteroatoms. The number of carbonyl (C=O) groups excluding carboxylic acids is 1. The van der Waals surface area contributed by atoms with Gasteiger partial charge >= 0.3 is 0 Å². The summed E-state index contributed by atoms with van der Waals surface area (Å²) in [6, 6.07) is 7.17. The molecular formula is C17H24N4O2.